The molecule has 0 unspecified atom stereocenters. The molecule has 0 saturated heterocycles. The normalized spacial score (nSPS) is 10.3. The fourth-order valence-corrected chi connectivity index (χ4v) is 1.91. The lowest BCUT2D eigenvalue weighted by Gasteiger charge is -2.03. The Morgan fingerprint density at radius 3 is 2.50 bits per heavy atom. The number of halogens is 1. The molecule has 0 saturated carbocycles. The third-order valence-corrected chi connectivity index (χ3v) is 2.89. The highest BCUT2D eigenvalue weighted by Gasteiger charge is 2.06. The van der Waals surface area contributed by atoms with Gasteiger partial charge in [0, 0.05) is 12.0 Å². The van der Waals surface area contributed by atoms with E-state index in [1.54, 1.807) is 0 Å². The zero-order valence-electron chi connectivity index (χ0n) is 10.3. The number of Topliss-reactive ketones (excluding diaryl/α,β-unsaturated/α-hetero) is 1. The number of hydrogen-bond donors (Lipinski definition) is 0. The Balaban J connectivity index is 1.98. The van der Waals surface area contributed by atoms with Crippen LogP contribution in [0.25, 0.3) is 0 Å². The van der Waals surface area contributed by atoms with Gasteiger partial charge in [-0.2, -0.15) is 0 Å². The maximum absolute atomic E-state index is 12.7. The SMILES string of the molecule is Cc1cccc(CCC(=O)c2ccc(F)cc2)c1. The zero-order chi connectivity index (χ0) is 13.0. The highest BCUT2D eigenvalue weighted by Crippen LogP contribution is 2.11. The molecule has 2 aromatic carbocycles. The molecule has 0 heterocycles. The van der Waals surface area contributed by atoms with Crippen molar-refractivity contribution in [3.05, 3.63) is 71.0 Å². The molecule has 0 amide bonds. The van der Waals surface area contributed by atoms with Gasteiger partial charge in [0.1, 0.15) is 5.82 Å². The van der Waals surface area contributed by atoms with Crippen LogP contribution in [-0.2, 0) is 6.42 Å². The summed E-state index contributed by atoms with van der Waals surface area (Å²) in [5.74, 6) is -0.262. The van der Waals surface area contributed by atoms with Gasteiger partial charge in [0.05, 0.1) is 0 Å². The van der Waals surface area contributed by atoms with E-state index in [9.17, 15) is 9.18 Å². The molecule has 92 valence electrons. The largest absolute Gasteiger partial charge is 0.294 e. The Labute approximate surface area is 106 Å². The first-order valence-corrected chi connectivity index (χ1v) is 5.99. The number of rotatable bonds is 4. The minimum Gasteiger partial charge on any atom is -0.294 e. The first-order valence-electron chi connectivity index (χ1n) is 5.99. The molecule has 2 rings (SSSR count). The van der Waals surface area contributed by atoms with Gasteiger partial charge in [-0.1, -0.05) is 29.8 Å². The third-order valence-electron chi connectivity index (χ3n) is 2.89. The Morgan fingerprint density at radius 2 is 1.83 bits per heavy atom. The van der Waals surface area contributed by atoms with Gasteiger partial charge in [-0.05, 0) is 43.2 Å². The zero-order valence-corrected chi connectivity index (χ0v) is 10.3. The number of benzene rings is 2. The average Bonchev–Trinajstić information content (AvgIpc) is 2.37. The Hall–Kier alpha value is -1.96. The molecule has 0 fully saturated rings. The summed E-state index contributed by atoms with van der Waals surface area (Å²) in [4.78, 5) is 11.9. The van der Waals surface area contributed by atoms with E-state index in [4.69, 9.17) is 0 Å². The first-order chi connectivity index (χ1) is 8.65. The molecule has 1 nitrogen and oxygen atoms in total. The molecule has 2 aromatic rings. The Morgan fingerprint density at radius 1 is 1.11 bits per heavy atom. The standard InChI is InChI=1S/C16H15FO/c1-12-3-2-4-13(11-12)5-10-16(18)14-6-8-15(17)9-7-14/h2-4,6-9,11H,5,10H2,1H3. The quantitative estimate of drug-likeness (QED) is 0.742. The topological polar surface area (TPSA) is 17.1 Å². The summed E-state index contributed by atoms with van der Waals surface area (Å²) < 4.78 is 12.7. The summed E-state index contributed by atoms with van der Waals surface area (Å²) in [5.41, 5.74) is 2.93. The van der Waals surface area contributed by atoms with Crippen molar-refractivity contribution >= 4 is 5.78 Å². The van der Waals surface area contributed by atoms with E-state index in [0.717, 1.165) is 12.0 Å². The summed E-state index contributed by atoms with van der Waals surface area (Å²) in [7, 11) is 0. The molecule has 0 spiro atoms. The van der Waals surface area contributed by atoms with Gasteiger partial charge in [-0.3, -0.25) is 4.79 Å². The van der Waals surface area contributed by atoms with Crippen molar-refractivity contribution in [1.29, 1.82) is 0 Å². The van der Waals surface area contributed by atoms with Gasteiger partial charge in [-0.25, -0.2) is 4.39 Å². The molecule has 0 bridgehead atoms. The van der Waals surface area contributed by atoms with Crippen LogP contribution in [0.2, 0.25) is 0 Å². The average molecular weight is 242 g/mol. The highest BCUT2D eigenvalue weighted by molar-refractivity contribution is 5.96. The molecule has 0 aliphatic carbocycles. The summed E-state index contributed by atoms with van der Waals surface area (Å²) in [6.45, 7) is 2.03. The lowest BCUT2D eigenvalue weighted by atomic mass is 10.0. The van der Waals surface area contributed by atoms with Crippen molar-refractivity contribution in [3.8, 4) is 0 Å². The number of hydrogen-bond acceptors (Lipinski definition) is 1. The number of ketones is 1. The van der Waals surface area contributed by atoms with Gasteiger partial charge in [0.2, 0.25) is 0 Å². The monoisotopic (exact) mass is 242 g/mol. The Bertz CT molecular complexity index is 543. The predicted molar refractivity (Wildman–Crippen MR) is 70.2 cm³/mol. The van der Waals surface area contributed by atoms with E-state index in [-0.39, 0.29) is 11.6 Å². The van der Waals surface area contributed by atoms with Gasteiger partial charge >= 0.3 is 0 Å². The number of carbonyl (C=O) groups is 1. The van der Waals surface area contributed by atoms with E-state index < -0.39 is 0 Å². The van der Waals surface area contributed by atoms with Gasteiger partial charge in [0.25, 0.3) is 0 Å². The molecular formula is C16H15FO. The van der Waals surface area contributed by atoms with Crippen LogP contribution >= 0.6 is 0 Å². The van der Waals surface area contributed by atoms with Gasteiger partial charge in [0.15, 0.2) is 5.78 Å². The van der Waals surface area contributed by atoms with Crippen molar-refractivity contribution in [2.24, 2.45) is 0 Å². The van der Waals surface area contributed by atoms with Gasteiger partial charge < -0.3 is 0 Å². The van der Waals surface area contributed by atoms with Crippen molar-refractivity contribution in [2.45, 2.75) is 19.8 Å². The molecule has 0 aromatic heterocycles. The summed E-state index contributed by atoms with van der Waals surface area (Å²) in [6, 6.07) is 13.8. The Kier molecular flexibility index (Phi) is 3.88. The van der Waals surface area contributed by atoms with Crippen LogP contribution < -0.4 is 0 Å². The van der Waals surface area contributed by atoms with Gasteiger partial charge in [-0.15, -0.1) is 0 Å². The first kappa shape index (κ1) is 12.5. The number of carbonyl (C=O) groups excluding carboxylic acids is 1. The molecular weight excluding hydrogens is 227 g/mol. The van der Waals surface area contributed by atoms with E-state index in [0.29, 0.717) is 12.0 Å². The van der Waals surface area contributed by atoms with E-state index in [1.165, 1.54) is 29.8 Å². The van der Waals surface area contributed by atoms with Crippen LogP contribution in [0.3, 0.4) is 0 Å². The summed E-state index contributed by atoms with van der Waals surface area (Å²) in [6.07, 6.45) is 1.17. The third kappa shape index (κ3) is 3.27. The van der Waals surface area contributed by atoms with E-state index in [2.05, 4.69) is 6.07 Å². The van der Waals surface area contributed by atoms with E-state index in [1.807, 2.05) is 25.1 Å². The summed E-state index contributed by atoms with van der Waals surface area (Å²) >= 11 is 0. The van der Waals surface area contributed by atoms with Crippen LogP contribution in [0.4, 0.5) is 4.39 Å². The van der Waals surface area contributed by atoms with Crippen molar-refractivity contribution < 1.29 is 9.18 Å². The van der Waals surface area contributed by atoms with Crippen LogP contribution in [0.1, 0.15) is 27.9 Å². The molecule has 0 atom stereocenters. The molecule has 18 heavy (non-hydrogen) atoms. The molecule has 0 N–H and O–H groups in total. The summed E-state index contributed by atoms with van der Waals surface area (Å²) in [5, 5.41) is 0. The lowest BCUT2D eigenvalue weighted by Crippen LogP contribution is -2.01. The van der Waals surface area contributed by atoms with E-state index >= 15 is 0 Å². The van der Waals surface area contributed by atoms with Crippen LogP contribution in [0, 0.1) is 12.7 Å². The predicted octanol–water partition coefficient (Wildman–Crippen LogP) is 3.95. The molecule has 2 heteroatoms. The molecule has 0 radical (unpaired) electrons. The second kappa shape index (κ2) is 5.58. The van der Waals surface area contributed by atoms with Crippen LogP contribution in [-0.4, -0.2) is 5.78 Å². The second-order valence-corrected chi connectivity index (χ2v) is 4.42. The van der Waals surface area contributed by atoms with Crippen molar-refractivity contribution in [3.63, 3.8) is 0 Å². The lowest BCUT2D eigenvalue weighted by molar-refractivity contribution is 0.0983. The molecule has 0 aliphatic rings. The fraction of sp³-hybridized carbons (Fsp3) is 0.188. The van der Waals surface area contributed by atoms with Crippen LogP contribution in [0.5, 0.6) is 0 Å². The van der Waals surface area contributed by atoms with Crippen molar-refractivity contribution in [2.75, 3.05) is 0 Å². The smallest absolute Gasteiger partial charge is 0.163 e. The molecule has 0 aliphatic heterocycles. The fourth-order valence-electron chi connectivity index (χ4n) is 1.91. The number of aryl methyl sites for hydroxylation is 2. The van der Waals surface area contributed by atoms with Crippen LogP contribution in [0.15, 0.2) is 48.5 Å². The maximum atomic E-state index is 12.7. The minimum atomic E-state index is -0.315. The maximum Gasteiger partial charge on any atom is 0.163 e. The second-order valence-electron chi connectivity index (χ2n) is 4.42. The van der Waals surface area contributed by atoms with Crippen molar-refractivity contribution in [1.82, 2.24) is 0 Å². The minimum absolute atomic E-state index is 0.0523. The highest BCUT2D eigenvalue weighted by atomic mass is 19.1.